The molecule has 7 nitrogen and oxygen atoms in total. The number of rotatable bonds is 4. The summed E-state index contributed by atoms with van der Waals surface area (Å²) >= 11 is 0. The Morgan fingerprint density at radius 3 is 2.04 bits per heavy atom. The van der Waals surface area contributed by atoms with Crippen molar-refractivity contribution in [3.8, 4) is 0 Å². The average molecular weight is 337 g/mol. The number of nitrogens with zero attached hydrogens (tertiary/aromatic N) is 2. The molecule has 0 radical (unpaired) electrons. The van der Waals surface area contributed by atoms with Crippen molar-refractivity contribution in [2.75, 3.05) is 26.2 Å². The fraction of sp³-hybridized carbons (Fsp3) is 0.824. The maximum atomic E-state index is 12.5. The van der Waals surface area contributed by atoms with E-state index in [1.165, 1.54) is 0 Å². The van der Waals surface area contributed by atoms with Gasteiger partial charge in [-0.15, -0.1) is 0 Å². The lowest BCUT2D eigenvalue weighted by Crippen LogP contribution is -2.57. The minimum Gasteiger partial charge on any atom is -0.481 e. The Labute approximate surface area is 142 Å². The van der Waals surface area contributed by atoms with Gasteiger partial charge in [-0.2, -0.15) is 0 Å². The van der Waals surface area contributed by atoms with Crippen molar-refractivity contribution < 1.29 is 19.5 Å². The Morgan fingerprint density at radius 2 is 1.54 bits per heavy atom. The van der Waals surface area contributed by atoms with Crippen LogP contribution in [-0.2, 0) is 9.59 Å². The van der Waals surface area contributed by atoms with Gasteiger partial charge >= 0.3 is 12.0 Å². The van der Waals surface area contributed by atoms with Crippen LogP contribution in [0.5, 0.6) is 0 Å². The molecule has 0 spiro atoms. The molecule has 0 unspecified atom stereocenters. The van der Waals surface area contributed by atoms with Crippen molar-refractivity contribution in [3.05, 3.63) is 0 Å². The van der Waals surface area contributed by atoms with Crippen molar-refractivity contribution in [2.45, 2.75) is 56.9 Å². The summed E-state index contributed by atoms with van der Waals surface area (Å²) in [6.45, 7) is 2.91. The Morgan fingerprint density at radius 1 is 0.958 bits per heavy atom. The molecular formula is C17H27N3O4. The summed E-state index contributed by atoms with van der Waals surface area (Å²) in [4.78, 5) is 39.6. The number of hydrogen-bond donors (Lipinski definition) is 2. The minimum atomic E-state index is -0.860. The third kappa shape index (κ3) is 3.65. The number of carbonyl (C=O) groups is 3. The molecule has 2 saturated heterocycles. The third-order valence-electron chi connectivity index (χ3n) is 5.70. The lowest BCUT2D eigenvalue weighted by molar-refractivity contribution is -0.141. The standard InChI is InChI=1S/C17H27N3O4/c21-14(22)12-17(6-3-7-17)18-15(23)13-4-10-20(11-5-13)16(24)19-8-1-2-9-19/h13H,1-12H2,(H,18,23)(H,21,22). The molecule has 2 N–H and O–H groups in total. The van der Waals surface area contributed by atoms with E-state index in [0.29, 0.717) is 25.9 Å². The van der Waals surface area contributed by atoms with Gasteiger partial charge in [-0.1, -0.05) is 0 Å². The summed E-state index contributed by atoms with van der Waals surface area (Å²) in [5.74, 6) is -1.01. The molecule has 2 heterocycles. The molecule has 7 heteroatoms. The van der Waals surface area contributed by atoms with Gasteiger partial charge in [0, 0.05) is 32.1 Å². The highest BCUT2D eigenvalue weighted by atomic mass is 16.4. The van der Waals surface area contributed by atoms with E-state index in [1.807, 2.05) is 9.80 Å². The molecule has 2 aliphatic heterocycles. The summed E-state index contributed by atoms with van der Waals surface area (Å²) in [5.41, 5.74) is -0.536. The maximum absolute atomic E-state index is 12.5. The molecule has 0 aromatic carbocycles. The summed E-state index contributed by atoms with van der Waals surface area (Å²) in [5, 5.41) is 12.0. The number of carboxylic acid groups (broad SMARTS) is 1. The zero-order valence-electron chi connectivity index (χ0n) is 14.1. The van der Waals surface area contributed by atoms with Crippen LogP contribution in [0.4, 0.5) is 4.79 Å². The van der Waals surface area contributed by atoms with Gasteiger partial charge in [-0.05, 0) is 44.9 Å². The van der Waals surface area contributed by atoms with Crippen LogP contribution in [0.1, 0.15) is 51.4 Å². The van der Waals surface area contributed by atoms with Crippen LogP contribution in [0.3, 0.4) is 0 Å². The van der Waals surface area contributed by atoms with Gasteiger partial charge in [0.05, 0.1) is 12.0 Å². The highest BCUT2D eigenvalue weighted by Crippen LogP contribution is 2.35. The van der Waals surface area contributed by atoms with Gasteiger partial charge in [0.1, 0.15) is 0 Å². The zero-order chi connectivity index (χ0) is 17.2. The fourth-order valence-electron chi connectivity index (χ4n) is 4.04. The number of nitrogens with one attached hydrogen (secondary N) is 1. The van der Waals surface area contributed by atoms with Gasteiger partial charge in [-0.25, -0.2) is 4.79 Å². The van der Waals surface area contributed by atoms with Crippen LogP contribution in [0.25, 0.3) is 0 Å². The van der Waals surface area contributed by atoms with Gasteiger partial charge in [0.25, 0.3) is 0 Å². The van der Waals surface area contributed by atoms with Crippen molar-refractivity contribution in [3.63, 3.8) is 0 Å². The van der Waals surface area contributed by atoms with E-state index >= 15 is 0 Å². The number of aliphatic carboxylic acids is 1. The molecular weight excluding hydrogens is 310 g/mol. The number of piperidine rings is 1. The molecule has 0 aromatic heterocycles. The quantitative estimate of drug-likeness (QED) is 0.812. The summed E-state index contributed by atoms with van der Waals surface area (Å²) in [6.07, 6.45) is 5.95. The first kappa shape index (κ1) is 17.0. The van der Waals surface area contributed by atoms with Crippen molar-refractivity contribution >= 4 is 17.9 Å². The van der Waals surface area contributed by atoms with Gasteiger partial charge in [-0.3, -0.25) is 9.59 Å². The number of carboxylic acids is 1. The second kappa shape index (κ2) is 6.99. The molecule has 24 heavy (non-hydrogen) atoms. The van der Waals surface area contributed by atoms with E-state index in [4.69, 9.17) is 5.11 Å². The Hall–Kier alpha value is -1.79. The van der Waals surface area contributed by atoms with Crippen LogP contribution in [-0.4, -0.2) is 64.5 Å². The van der Waals surface area contributed by atoms with Gasteiger partial charge in [0.2, 0.25) is 5.91 Å². The largest absolute Gasteiger partial charge is 0.481 e. The summed E-state index contributed by atoms with van der Waals surface area (Å²) in [6, 6.07) is 0.104. The lowest BCUT2D eigenvalue weighted by atomic mass is 9.74. The molecule has 1 saturated carbocycles. The first-order chi connectivity index (χ1) is 11.5. The zero-order valence-corrected chi connectivity index (χ0v) is 14.1. The molecule has 3 aliphatic rings. The smallest absolute Gasteiger partial charge is 0.319 e. The molecule has 0 atom stereocenters. The highest BCUT2D eigenvalue weighted by Gasteiger charge is 2.42. The molecule has 3 fully saturated rings. The van der Waals surface area contributed by atoms with Crippen molar-refractivity contribution in [1.82, 2.24) is 15.1 Å². The van der Waals surface area contributed by atoms with E-state index in [-0.39, 0.29) is 24.3 Å². The average Bonchev–Trinajstić information content (AvgIpc) is 3.06. The van der Waals surface area contributed by atoms with Crippen LogP contribution in [0.15, 0.2) is 0 Å². The Balaban J connectivity index is 1.48. The second-order valence-corrected chi connectivity index (χ2v) is 7.43. The first-order valence-electron chi connectivity index (χ1n) is 9.07. The van der Waals surface area contributed by atoms with Gasteiger partial charge in [0.15, 0.2) is 0 Å². The number of amides is 3. The van der Waals surface area contributed by atoms with E-state index in [0.717, 1.165) is 45.2 Å². The topological polar surface area (TPSA) is 90.0 Å². The van der Waals surface area contributed by atoms with Gasteiger partial charge < -0.3 is 20.2 Å². The van der Waals surface area contributed by atoms with Crippen LogP contribution in [0.2, 0.25) is 0 Å². The lowest BCUT2D eigenvalue weighted by Gasteiger charge is -2.43. The fourth-order valence-corrected chi connectivity index (χ4v) is 4.04. The Bertz CT molecular complexity index is 504. The Kier molecular flexibility index (Phi) is 4.96. The molecule has 0 bridgehead atoms. The predicted molar refractivity (Wildman–Crippen MR) is 87.5 cm³/mol. The predicted octanol–water partition coefficient (Wildman–Crippen LogP) is 1.43. The van der Waals surface area contributed by atoms with Crippen LogP contribution >= 0.6 is 0 Å². The summed E-state index contributed by atoms with van der Waals surface area (Å²) in [7, 11) is 0. The normalized spacial score (nSPS) is 23.7. The van der Waals surface area contributed by atoms with E-state index in [2.05, 4.69) is 5.32 Å². The minimum absolute atomic E-state index is 0.00499. The maximum Gasteiger partial charge on any atom is 0.319 e. The SMILES string of the molecule is O=C(O)CC1(NC(=O)C2CCN(C(=O)N3CCCC3)CC2)CCC1. The van der Waals surface area contributed by atoms with E-state index in [9.17, 15) is 14.4 Å². The monoisotopic (exact) mass is 337 g/mol. The number of likely N-dealkylation sites (tertiary alicyclic amines) is 2. The molecule has 134 valence electrons. The first-order valence-corrected chi connectivity index (χ1v) is 9.07. The summed E-state index contributed by atoms with van der Waals surface area (Å²) < 4.78 is 0. The number of hydrogen-bond acceptors (Lipinski definition) is 3. The van der Waals surface area contributed by atoms with Crippen LogP contribution < -0.4 is 5.32 Å². The number of carbonyl (C=O) groups excluding carboxylic acids is 2. The molecule has 3 amide bonds. The molecule has 0 aromatic rings. The van der Waals surface area contributed by atoms with E-state index in [1.54, 1.807) is 0 Å². The highest BCUT2D eigenvalue weighted by molar-refractivity contribution is 5.81. The van der Waals surface area contributed by atoms with Crippen molar-refractivity contribution in [2.24, 2.45) is 5.92 Å². The second-order valence-electron chi connectivity index (χ2n) is 7.43. The molecule has 3 rings (SSSR count). The van der Waals surface area contributed by atoms with Crippen molar-refractivity contribution in [1.29, 1.82) is 0 Å². The number of urea groups is 1. The van der Waals surface area contributed by atoms with E-state index < -0.39 is 11.5 Å². The third-order valence-corrected chi connectivity index (χ3v) is 5.70. The molecule has 1 aliphatic carbocycles. The van der Waals surface area contributed by atoms with Crippen LogP contribution in [0, 0.1) is 5.92 Å².